The van der Waals surface area contributed by atoms with Crippen molar-refractivity contribution in [1.29, 1.82) is 0 Å². The van der Waals surface area contributed by atoms with Gasteiger partial charge in [0.15, 0.2) is 0 Å². The lowest BCUT2D eigenvalue weighted by atomic mass is 9.97. The van der Waals surface area contributed by atoms with E-state index in [4.69, 9.17) is 0 Å². The van der Waals surface area contributed by atoms with Gasteiger partial charge in [-0.05, 0) is 62.2 Å². The van der Waals surface area contributed by atoms with Crippen LogP contribution in [0, 0.1) is 12.7 Å². The van der Waals surface area contributed by atoms with Crippen LogP contribution in [0.4, 0.5) is 4.39 Å². The molecule has 1 aliphatic rings. The van der Waals surface area contributed by atoms with Crippen molar-refractivity contribution in [2.45, 2.75) is 37.5 Å². The molecule has 17 heavy (non-hydrogen) atoms. The molecule has 0 radical (unpaired) electrons. The van der Waals surface area contributed by atoms with Gasteiger partial charge in [0.05, 0.1) is 0 Å². The Kier molecular flexibility index (Phi) is 4.46. The first-order valence-corrected chi connectivity index (χ1v) is 7.29. The second-order valence-electron chi connectivity index (χ2n) is 4.72. The summed E-state index contributed by atoms with van der Waals surface area (Å²) in [5.74, 6) is 1.15. The number of hydrogen-bond donors (Lipinski definition) is 1. The number of likely N-dealkylation sites (N-methyl/N-ethyl adjacent to an activating group) is 1. The smallest absolute Gasteiger partial charge is 0.123 e. The highest BCUT2D eigenvalue weighted by Crippen LogP contribution is 2.30. The monoisotopic (exact) mass is 253 g/mol. The van der Waals surface area contributed by atoms with Gasteiger partial charge in [0.25, 0.3) is 0 Å². The van der Waals surface area contributed by atoms with Crippen molar-refractivity contribution in [2.75, 3.05) is 12.8 Å². The van der Waals surface area contributed by atoms with Crippen molar-refractivity contribution in [3.8, 4) is 0 Å². The molecule has 1 N–H and O–H groups in total. The molecule has 1 aromatic carbocycles. The Morgan fingerprint density at radius 1 is 1.53 bits per heavy atom. The number of aryl methyl sites for hydroxylation is 1. The first-order valence-electron chi connectivity index (χ1n) is 6.24. The zero-order chi connectivity index (χ0) is 12.3. The summed E-state index contributed by atoms with van der Waals surface area (Å²) in [6, 6.07) is 5.63. The van der Waals surface area contributed by atoms with Crippen molar-refractivity contribution in [1.82, 2.24) is 5.32 Å². The van der Waals surface area contributed by atoms with E-state index in [0.717, 1.165) is 12.0 Å². The first-order chi connectivity index (χ1) is 8.20. The summed E-state index contributed by atoms with van der Waals surface area (Å²) >= 11 is 2.07. The maximum absolute atomic E-state index is 13.0. The van der Waals surface area contributed by atoms with Crippen molar-refractivity contribution in [2.24, 2.45) is 0 Å². The second kappa shape index (κ2) is 5.87. The Morgan fingerprint density at radius 3 is 2.94 bits per heavy atom. The van der Waals surface area contributed by atoms with E-state index < -0.39 is 0 Å². The largest absolute Gasteiger partial charge is 0.316 e. The minimum absolute atomic E-state index is 0.137. The lowest BCUT2D eigenvalue weighted by Crippen LogP contribution is -2.36. The number of nitrogens with one attached hydrogen (secondary N) is 1. The highest BCUT2D eigenvalue weighted by Gasteiger charge is 2.24. The van der Waals surface area contributed by atoms with Gasteiger partial charge < -0.3 is 5.32 Å². The van der Waals surface area contributed by atoms with E-state index in [1.807, 2.05) is 20.0 Å². The molecule has 1 heterocycles. The predicted octanol–water partition coefficient (Wildman–Crippen LogP) is 3.16. The van der Waals surface area contributed by atoms with Crippen molar-refractivity contribution in [3.63, 3.8) is 0 Å². The van der Waals surface area contributed by atoms with Gasteiger partial charge in [0, 0.05) is 11.3 Å². The fourth-order valence-electron chi connectivity index (χ4n) is 2.46. The van der Waals surface area contributed by atoms with Crippen LogP contribution in [-0.2, 0) is 6.42 Å². The zero-order valence-electron chi connectivity index (χ0n) is 10.5. The highest BCUT2D eigenvalue weighted by molar-refractivity contribution is 8.00. The fraction of sp³-hybridized carbons (Fsp3) is 0.571. The van der Waals surface area contributed by atoms with Crippen LogP contribution in [0.15, 0.2) is 18.2 Å². The Morgan fingerprint density at radius 2 is 2.35 bits per heavy atom. The average Bonchev–Trinajstić information content (AvgIpc) is 2.81. The van der Waals surface area contributed by atoms with Crippen LogP contribution in [0.5, 0.6) is 0 Å². The summed E-state index contributed by atoms with van der Waals surface area (Å²) in [6.07, 6.45) is 3.63. The summed E-state index contributed by atoms with van der Waals surface area (Å²) in [6.45, 7) is 1.99. The Labute approximate surface area is 107 Å². The van der Waals surface area contributed by atoms with E-state index in [0.29, 0.717) is 11.3 Å². The molecule has 1 fully saturated rings. The van der Waals surface area contributed by atoms with Gasteiger partial charge in [-0.15, -0.1) is 0 Å². The van der Waals surface area contributed by atoms with Gasteiger partial charge in [-0.25, -0.2) is 4.39 Å². The maximum atomic E-state index is 13.0. The molecule has 0 aromatic heterocycles. The molecule has 0 aliphatic carbocycles. The van der Waals surface area contributed by atoms with E-state index in [-0.39, 0.29) is 5.82 Å². The molecule has 1 nitrogen and oxygen atoms in total. The first kappa shape index (κ1) is 12.9. The topological polar surface area (TPSA) is 12.0 Å². The summed E-state index contributed by atoms with van der Waals surface area (Å²) in [4.78, 5) is 0. The molecule has 2 atom stereocenters. The molecule has 1 aliphatic heterocycles. The molecule has 0 amide bonds. The molecule has 0 saturated carbocycles. The van der Waals surface area contributed by atoms with Crippen LogP contribution in [0.2, 0.25) is 0 Å². The Balaban J connectivity index is 2.06. The summed E-state index contributed by atoms with van der Waals surface area (Å²) < 4.78 is 13.0. The maximum Gasteiger partial charge on any atom is 0.123 e. The summed E-state index contributed by atoms with van der Waals surface area (Å²) in [5, 5.41) is 4.13. The standard InChI is InChI=1S/C14H20FNS/c1-10-8-12(15)6-5-11(10)9-13(16-2)14-4-3-7-17-14/h5-6,8,13-14,16H,3-4,7,9H2,1-2H3. The van der Waals surface area contributed by atoms with Gasteiger partial charge in [-0.3, -0.25) is 0 Å². The highest BCUT2D eigenvalue weighted by atomic mass is 32.2. The van der Waals surface area contributed by atoms with Crippen molar-refractivity contribution in [3.05, 3.63) is 35.1 Å². The Bertz CT molecular complexity index is 374. The molecule has 2 unspecified atom stereocenters. The van der Waals surface area contributed by atoms with Crippen molar-refractivity contribution >= 4 is 11.8 Å². The van der Waals surface area contributed by atoms with Crippen LogP contribution >= 0.6 is 11.8 Å². The normalized spacial score (nSPS) is 21.7. The van der Waals surface area contributed by atoms with E-state index in [1.54, 1.807) is 12.1 Å². The van der Waals surface area contributed by atoms with Crippen LogP contribution in [0.1, 0.15) is 24.0 Å². The van der Waals surface area contributed by atoms with Gasteiger partial charge in [0.2, 0.25) is 0 Å². The molecule has 1 aromatic rings. The van der Waals surface area contributed by atoms with Crippen LogP contribution in [0.3, 0.4) is 0 Å². The molecule has 0 spiro atoms. The summed E-state index contributed by atoms with van der Waals surface area (Å²) in [7, 11) is 2.03. The predicted molar refractivity (Wildman–Crippen MR) is 73.2 cm³/mol. The van der Waals surface area contributed by atoms with Gasteiger partial charge in [0.1, 0.15) is 5.82 Å². The molecule has 3 heteroatoms. The molecular formula is C14H20FNS. The zero-order valence-corrected chi connectivity index (χ0v) is 11.3. The molecule has 94 valence electrons. The van der Waals surface area contributed by atoms with Gasteiger partial charge in [-0.2, -0.15) is 11.8 Å². The fourth-order valence-corrected chi connectivity index (χ4v) is 3.90. The van der Waals surface area contributed by atoms with Gasteiger partial charge >= 0.3 is 0 Å². The summed E-state index contributed by atoms with van der Waals surface area (Å²) in [5.41, 5.74) is 2.33. The lowest BCUT2D eigenvalue weighted by molar-refractivity contribution is 0.522. The molecular weight excluding hydrogens is 233 g/mol. The van der Waals surface area contributed by atoms with E-state index in [9.17, 15) is 4.39 Å². The van der Waals surface area contributed by atoms with Crippen molar-refractivity contribution < 1.29 is 4.39 Å². The van der Waals surface area contributed by atoms with E-state index in [1.165, 1.54) is 24.2 Å². The van der Waals surface area contributed by atoms with E-state index in [2.05, 4.69) is 17.1 Å². The van der Waals surface area contributed by atoms with E-state index >= 15 is 0 Å². The number of rotatable bonds is 4. The lowest BCUT2D eigenvalue weighted by Gasteiger charge is -2.23. The number of halogens is 1. The minimum Gasteiger partial charge on any atom is -0.316 e. The Hall–Kier alpha value is -0.540. The second-order valence-corrected chi connectivity index (χ2v) is 6.07. The molecule has 1 saturated heterocycles. The molecule has 0 bridgehead atoms. The average molecular weight is 253 g/mol. The number of benzene rings is 1. The quantitative estimate of drug-likeness (QED) is 0.884. The third kappa shape index (κ3) is 3.23. The van der Waals surface area contributed by atoms with Gasteiger partial charge in [-0.1, -0.05) is 6.07 Å². The minimum atomic E-state index is -0.137. The third-order valence-corrected chi connectivity index (χ3v) is 5.05. The number of hydrogen-bond acceptors (Lipinski definition) is 2. The van der Waals surface area contributed by atoms with Crippen LogP contribution in [0.25, 0.3) is 0 Å². The third-order valence-electron chi connectivity index (χ3n) is 3.53. The van der Waals surface area contributed by atoms with Crippen LogP contribution < -0.4 is 5.32 Å². The molecule has 2 rings (SSSR count). The van der Waals surface area contributed by atoms with Crippen LogP contribution in [-0.4, -0.2) is 24.1 Å². The number of thioether (sulfide) groups is 1. The SMILES string of the molecule is CNC(Cc1ccc(F)cc1C)C1CCCS1.